The summed E-state index contributed by atoms with van der Waals surface area (Å²) in [5.74, 6) is -0.243. The molecule has 2 N–H and O–H groups in total. The molecule has 0 saturated carbocycles. The Labute approximate surface area is 249 Å². The molecule has 2 aromatic carbocycles. The van der Waals surface area contributed by atoms with E-state index in [0.29, 0.717) is 42.9 Å². The van der Waals surface area contributed by atoms with Crippen molar-refractivity contribution >= 4 is 34.6 Å². The number of carbonyl (C=O) groups excluding carboxylic acids is 2. The largest absolute Gasteiger partial charge is 0.444 e. The van der Waals surface area contributed by atoms with Gasteiger partial charge in [-0.2, -0.15) is 4.98 Å². The van der Waals surface area contributed by atoms with Crippen LogP contribution in [-0.2, 0) is 27.4 Å². The summed E-state index contributed by atoms with van der Waals surface area (Å²) < 4.78 is 17.2. The van der Waals surface area contributed by atoms with Gasteiger partial charge in [0.25, 0.3) is 0 Å². The first kappa shape index (κ1) is 29.7. The van der Waals surface area contributed by atoms with Gasteiger partial charge in [-0.25, -0.2) is 9.59 Å². The number of aromatic nitrogens is 2. The minimum absolute atomic E-state index is 0.0251. The van der Waals surface area contributed by atoms with E-state index in [0.717, 1.165) is 11.1 Å². The summed E-state index contributed by atoms with van der Waals surface area (Å²) in [6.07, 6.45) is 2.80. The average Bonchev–Trinajstić information content (AvgIpc) is 3.41. The fourth-order valence-corrected chi connectivity index (χ4v) is 4.96. The highest BCUT2D eigenvalue weighted by molar-refractivity contribution is 5.93. The summed E-state index contributed by atoms with van der Waals surface area (Å²) in [4.78, 5) is 49.5. The van der Waals surface area contributed by atoms with Crippen molar-refractivity contribution in [3.8, 4) is 0 Å². The quantitative estimate of drug-likeness (QED) is 0.301. The highest BCUT2D eigenvalue weighted by Crippen LogP contribution is 2.29. The summed E-state index contributed by atoms with van der Waals surface area (Å²) in [6.45, 7) is 7.98. The van der Waals surface area contributed by atoms with Crippen LogP contribution in [0.4, 0.5) is 16.5 Å². The number of benzene rings is 2. The van der Waals surface area contributed by atoms with Crippen molar-refractivity contribution in [1.29, 1.82) is 0 Å². The highest BCUT2D eigenvalue weighted by atomic mass is 16.6. The van der Waals surface area contributed by atoms with Crippen LogP contribution in [0.3, 0.4) is 0 Å². The van der Waals surface area contributed by atoms with E-state index in [1.165, 1.54) is 0 Å². The van der Waals surface area contributed by atoms with Gasteiger partial charge in [-0.15, -0.1) is 0 Å². The molecule has 0 aliphatic carbocycles. The normalized spacial score (nSPS) is 16.7. The molecule has 1 fully saturated rings. The maximum Gasteiger partial charge on any atom is 0.412 e. The molecule has 0 unspecified atom stereocenters. The van der Waals surface area contributed by atoms with Crippen LogP contribution in [0.2, 0.25) is 0 Å². The topological polar surface area (TPSA) is 136 Å². The van der Waals surface area contributed by atoms with E-state index >= 15 is 0 Å². The van der Waals surface area contributed by atoms with E-state index in [9.17, 15) is 14.4 Å². The van der Waals surface area contributed by atoms with Gasteiger partial charge in [-0.05, 0) is 62.6 Å². The average molecular weight is 586 g/mol. The van der Waals surface area contributed by atoms with Crippen LogP contribution in [-0.4, -0.2) is 46.3 Å². The molecular weight excluding hydrogens is 550 g/mol. The summed E-state index contributed by atoms with van der Waals surface area (Å²) >= 11 is 0. The van der Waals surface area contributed by atoms with Crippen molar-refractivity contribution in [2.75, 3.05) is 16.8 Å². The number of carbonyl (C=O) groups is 2. The molecule has 2 amide bonds. The third-order valence-corrected chi connectivity index (χ3v) is 7.01. The Morgan fingerprint density at radius 3 is 2.56 bits per heavy atom. The monoisotopic (exact) mass is 585 g/mol. The molecule has 4 aromatic rings. The van der Waals surface area contributed by atoms with E-state index in [1.54, 1.807) is 63.2 Å². The molecule has 11 heteroatoms. The lowest BCUT2D eigenvalue weighted by Crippen LogP contribution is -2.43. The Hall–Kier alpha value is -4.77. The number of ether oxygens (including phenoxy) is 2. The summed E-state index contributed by atoms with van der Waals surface area (Å²) in [7, 11) is 0. The molecule has 0 bridgehead atoms. The predicted molar refractivity (Wildman–Crippen MR) is 162 cm³/mol. The molecular formula is C32H35N5O6. The van der Waals surface area contributed by atoms with Gasteiger partial charge in [0.1, 0.15) is 11.6 Å². The highest BCUT2D eigenvalue weighted by Gasteiger charge is 2.40. The molecule has 1 aliphatic heterocycles. The second-order valence-electron chi connectivity index (χ2n) is 11.4. The minimum Gasteiger partial charge on any atom is -0.444 e. The Bertz CT molecular complexity index is 1650. The third-order valence-electron chi connectivity index (χ3n) is 7.01. The van der Waals surface area contributed by atoms with E-state index in [-0.39, 0.29) is 23.4 Å². The van der Waals surface area contributed by atoms with E-state index in [2.05, 4.69) is 20.6 Å². The van der Waals surface area contributed by atoms with Crippen LogP contribution in [0.1, 0.15) is 43.9 Å². The standard InChI is InChI=1S/C32H35N5O6/c1-20-24(36-31(40)43-32(2,3)4)12-13-25-27(20)29(39)42-30(35-25)37-18-23(41-19-21-9-6-5-7-10-21)15-26(37)28(38)34-17-22-11-8-14-33-16-22/h5-14,16,23,26H,15,17-19H2,1-4H3,(H,34,38)(H,36,40)/t23-,26+/m1/s1. The molecule has 0 spiro atoms. The number of rotatable bonds is 8. The van der Waals surface area contributed by atoms with Gasteiger partial charge in [0.2, 0.25) is 5.91 Å². The smallest absolute Gasteiger partial charge is 0.412 e. The van der Waals surface area contributed by atoms with Crippen LogP contribution in [0.15, 0.2) is 76.2 Å². The number of nitrogens with one attached hydrogen (secondary N) is 2. The Kier molecular flexibility index (Phi) is 8.72. The van der Waals surface area contributed by atoms with E-state index < -0.39 is 23.4 Å². The van der Waals surface area contributed by atoms with Crippen LogP contribution in [0, 0.1) is 6.92 Å². The van der Waals surface area contributed by atoms with Gasteiger partial charge in [0, 0.05) is 37.6 Å². The first-order valence-electron chi connectivity index (χ1n) is 14.1. The van der Waals surface area contributed by atoms with E-state index in [4.69, 9.17) is 13.9 Å². The molecule has 5 rings (SSSR count). The van der Waals surface area contributed by atoms with Crippen molar-refractivity contribution < 1.29 is 23.5 Å². The Balaban J connectivity index is 1.40. The molecule has 43 heavy (non-hydrogen) atoms. The zero-order valence-corrected chi connectivity index (χ0v) is 24.6. The van der Waals surface area contributed by atoms with Crippen LogP contribution >= 0.6 is 0 Å². The van der Waals surface area contributed by atoms with Gasteiger partial charge < -0.3 is 24.1 Å². The molecule has 2 atom stereocenters. The van der Waals surface area contributed by atoms with Gasteiger partial charge in [0.15, 0.2) is 0 Å². The summed E-state index contributed by atoms with van der Waals surface area (Å²) in [5.41, 5.74) is 1.84. The lowest BCUT2D eigenvalue weighted by Gasteiger charge is -2.23. The molecule has 11 nitrogen and oxygen atoms in total. The van der Waals surface area contributed by atoms with Crippen LogP contribution < -0.4 is 21.2 Å². The maximum absolute atomic E-state index is 13.4. The number of hydrogen-bond donors (Lipinski definition) is 2. The van der Waals surface area contributed by atoms with Crippen molar-refractivity contribution in [2.45, 2.75) is 65.0 Å². The maximum atomic E-state index is 13.4. The van der Waals surface area contributed by atoms with Gasteiger partial charge in [-0.3, -0.25) is 15.1 Å². The fourth-order valence-electron chi connectivity index (χ4n) is 4.96. The lowest BCUT2D eigenvalue weighted by atomic mass is 10.1. The fraction of sp³-hybridized carbons (Fsp3) is 0.344. The molecule has 3 heterocycles. The lowest BCUT2D eigenvalue weighted by molar-refractivity contribution is -0.122. The molecule has 1 aliphatic rings. The molecule has 224 valence electrons. The summed E-state index contributed by atoms with van der Waals surface area (Å²) in [6, 6.07) is 16.1. The number of hydrogen-bond acceptors (Lipinski definition) is 9. The van der Waals surface area contributed by atoms with Crippen molar-refractivity contribution in [1.82, 2.24) is 15.3 Å². The SMILES string of the molecule is Cc1c(NC(=O)OC(C)(C)C)ccc2nc(N3C[C@H](OCc4ccccc4)C[C@H]3C(=O)NCc3cccnc3)oc(=O)c12. The van der Waals surface area contributed by atoms with Gasteiger partial charge >= 0.3 is 17.7 Å². The second-order valence-corrected chi connectivity index (χ2v) is 11.4. The third kappa shape index (κ3) is 7.36. The molecule has 2 aromatic heterocycles. The van der Waals surface area contributed by atoms with Crippen molar-refractivity contribution in [3.63, 3.8) is 0 Å². The number of pyridine rings is 1. The minimum atomic E-state index is -0.681. The first-order chi connectivity index (χ1) is 20.6. The predicted octanol–water partition coefficient (Wildman–Crippen LogP) is 4.72. The number of amides is 2. The zero-order valence-electron chi connectivity index (χ0n) is 24.6. The number of fused-ring (bicyclic) bond motifs is 1. The number of anilines is 2. The van der Waals surface area contributed by atoms with E-state index in [1.807, 2.05) is 36.4 Å². The second kappa shape index (κ2) is 12.6. The van der Waals surface area contributed by atoms with Crippen molar-refractivity contribution in [3.05, 3.63) is 94.1 Å². The first-order valence-corrected chi connectivity index (χ1v) is 14.1. The number of aryl methyl sites for hydroxylation is 1. The van der Waals surface area contributed by atoms with Crippen LogP contribution in [0.5, 0.6) is 0 Å². The molecule has 0 radical (unpaired) electrons. The van der Waals surface area contributed by atoms with Gasteiger partial charge in [-0.1, -0.05) is 36.4 Å². The van der Waals surface area contributed by atoms with Crippen molar-refractivity contribution in [2.24, 2.45) is 0 Å². The molecule has 1 saturated heterocycles. The summed E-state index contributed by atoms with van der Waals surface area (Å²) in [5, 5.41) is 5.87. The Morgan fingerprint density at radius 1 is 1.07 bits per heavy atom. The zero-order chi connectivity index (χ0) is 30.6. The number of nitrogens with zero attached hydrogens (tertiary/aromatic N) is 3. The van der Waals surface area contributed by atoms with Gasteiger partial charge in [0.05, 0.1) is 23.6 Å². The van der Waals surface area contributed by atoms with Crippen LogP contribution in [0.25, 0.3) is 10.9 Å². The Morgan fingerprint density at radius 2 is 1.84 bits per heavy atom.